The molecule has 1 saturated heterocycles. The molecule has 94 valence electrons. The molecule has 0 spiro atoms. The van der Waals surface area contributed by atoms with Crippen LogP contribution in [0, 0.1) is 0 Å². The first-order chi connectivity index (χ1) is 7.97. The van der Waals surface area contributed by atoms with Crippen molar-refractivity contribution in [3.63, 3.8) is 0 Å². The highest BCUT2D eigenvalue weighted by molar-refractivity contribution is 9.10. The van der Waals surface area contributed by atoms with E-state index >= 15 is 0 Å². The van der Waals surface area contributed by atoms with Gasteiger partial charge in [0, 0.05) is 23.8 Å². The summed E-state index contributed by atoms with van der Waals surface area (Å²) in [7, 11) is -3.19. The van der Waals surface area contributed by atoms with E-state index < -0.39 is 9.84 Å². The van der Waals surface area contributed by atoms with Crippen molar-refractivity contribution in [1.29, 1.82) is 0 Å². The summed E-state index contributed by atoms with van der Waals surface area (Å²) in [5.41, 5.74) is 0.881. The molecule has 1 aromatic rings. The number of ether oxygens (including phenoxy) is 1. The zero-order valence-corrected chi connectivity index (χ0v) is 11.8. The number of halogens is 1. The highest BCUT2D eigenvalue weighted by atomic mass is 79.9. The maximum atomic E-state index is 11.5. The van der Waals surface area contributed by atoms with Crippen LogP contribution < -0.4 is 5.32 Å². The summed E-state index contributed by atoms with van der Waals surface area (Å²) in [6, 6.07) is 5.18. The minimum atomic E-state index is -3.19. The second-order valence-corrected chi connectivity index (χ2v) is 6.99. The van der Waals surface area contributed by atoms with E-state index in [0.29, 0.717) is 18.0 Å². The molecular formula is C11H14BrNO3S. The Morgan fingerprint density at radius 3 is 2.76 bits per heavy atom. The van der Waals surface area contributed by atoms with Gasteiger partial charge in [0.2, 0.25) is 0 Å². The first-order valence-electron chi connectivity index (χ1n) is 5.30. The summed E-state index contributed by atoms with van der Waals surface area (Å²) < 4.78 is 29.4. The van der Waals surface area contributed by atoms with E-state index in [4.69, 9.17) is 4.74 Å². The molecule has 6 heteroatoms. The van der Waals surface area contributed by atoms with Crippen LogP contribution in [0.15, 0.2) is 27.6 Å². The lowest BCUT2D eigenvalue weighted by Gasteiger charge is -2.24. The predicted molar refractivity (Wildman–Crippen MR) is 68.8 cm³/mol. The van der Waals surface area contributed by atoms with E-state index in [1.807, 2.05) is 6.07 Å². The highest BCUT2D eigenvalue weighted by Crippen LogP contribution is 2.26. The van der Waals surface area contributed by atoms with Gasteiger partial charge < -0.3 is 10.1 Å². The van der Waals surface area contributed by atoms with E-state index in [1.54, 1.807) is 12.1 Å². The van der Waals surface area contributed by atoms with Crippen LogP contribution in [0.25, 0.3) is 0 Å². The summed E-state index contributed by atoms with van der Waals surface area (Å²) in [5, 5.41) is 3.22. The lowest BCUT2D eigenvalue weighted by molar-refractivity contribution is 0.0275. The van der Waals surface area contributed by atoms with Crippen molar-refractivity contribution in [3.8, 4) is 0 Å². The molecule has 0 bridgehead atoms. The monoisotopic (exact) mass is 319 g/mol. The van der Waals surface area contributed by atoms with Crippen LogP contribution in [-0.2, 0) is 14.6 Å². The van der Waals surface area contributed by atoms with E-state index in [9.17, 15) is 8.42 Å². The van der Waals surface area contributed by atoms with Gasteiger partial charge in [0.15, 0.2) is 9.84 Å². The third kappa shape index (κ3) is 3.28. The quantitative estimate of drug-likeness (QED) is 0.897. The normalized spacial score (nSPS) is 21.4. The number of hydrogen-bond donors (Lipinski definition) is 1. The van der Waals surface area contributed by atoms with Gasteiger partial charge in [0.1, 0.15) is 0 Å². The van der Waals surface area contributed by atoms with Gasteiger partial charge in [0.25, 0.3) is 0 Å². The van der Waals surface area contributed by atoms with Gasteiger partial charge in [-0.1, -0.05) is 15.9 Å². The van der Waals surface area contributed by atoms with Crippen LogP contribution in [0.4, 0.5) is 0 Å². The number of sulfone groups is 1. The first kappa shape index (κ1) is 13.0. The van der Waals surface area contributed by atoms with E-state index in [1.165, 1.54) is 6.26 Å². The maximum absolute atomic E-state index is 11.5. The van der Waals surface area contributed by atoms with Gasteiger partial charge in [-0.2, -0.15) is 0 Å². The van der Waals surface area contributed by atoms with Gasteiger partial charge in [-0.3, -0.25) is 0 Å². The van der Waals surface area contributed by atoms with Crippen LogP contribution >= 0.6 is 15.9 Å². The number of hydrogen-bond acceptors (Lipinski definition) is 4. The molecule has 0 aromatic heterocycles. The fraction of sp³-hybridized carbons (Fsp3) is 0.455. The van der Waals surface area contributed by atoms with Crippen molar-refractivity contribution in [3.05, 3.63) is 28.2 Å². The molecule has 0 amide bonds. The van der Waals surface area contributed by atoms with Crippen molar-refractivity contribution in [2.24, 2.45) is 0 Å². The second kappa shape index (κ2) is 5.06. The predicted octanol–water partition coefficient (Wildman–Crippen LogP) is 1.51. The second-order valence-electron chi connectivity index (χ2n) is 4.06. The van der Waals surface area contributed by atoms with Crippen molar-refractivity contribution in [2.45, 2.75) is 11.0 Å². The first-order valence-corrected chi connectivity index (χ1v) is 7.98. The third-order valence-electron chi connectivity index (χ3n) is 2.62. The summed E-state index contributed by atoms with van der Waals surface area (Å²) >= 11 is 3.33. The third-order valence-corrected chi connectivity index (χ3v) is 4.17. The number of nitrogens with one attached hydrogen (secondary N) is 1. The van der Waals surface area contributed by atoms with Crippen LogP contribution in [0.1, 0.15) is 11.7 Å². The van der Waals surface area contributed by atoms with Crippen LogP contribution in [0.2, 0.25) is 0 Å². The summed E-state index contributed by atoms with van der Waals surface area (Å²) in [6.45, 7) is 2.19. The lowest BCUT2D eigenvalue weighted by Crippen LogP contribution is -2.33. The molecular weight excluding hydrogens is 306 g/mol. The molecule has 1 unspecified atom stereocenters. The smallest absolute Gasteiger partial charge is 0.175 e. The topological polar surface area (TPSA) is 55.4 Å². The molecule has 1 fully saturated rings. The molecule has 17 heavy (non-hydrogen) atoms. The Kier molecular flexibility index (Phi) is 3.87. The largest absolute Gasteiger partial charge is 0.371 e. The summed E-state index contributed by atoms with van der Waals surface area (Å²) in [6.07, 6.45) is 1.13. The number of morpholine rings is 1. The molecule has 1 heterocycles. The van der Waals surface area contributed by atoms with E-state index in [-0.39, 0.29) is 6.10 Å². The Bertz CT molecular complexity index is 509. The SMILES string of the molecule is CS(=O)(=O)c1cc(Br)cc(C2CNCCO2)c1. The minimum Gasteiger partial charge on any atom is -0.371 e. The maximum Gasteiger partial charge on any atom is 0.175 e. The van der Waals surface area contributed by atoms with Gasteiger partial charge in [-0.25, -0.2) is 8.42 Å². The fourth-order valence-electron chi connectivity index (χ4n) is 1.76. The Balaban J connectivity index is 2.37. The molecule has 1 aliphatic heterocycles. The van der Waals surface area contributed by atoms with Crippen LogP contribution in [0.5, 0.6) is 0 Å². The fourth-order valence-corrected chi connectivity index (χ4v) is 3.12. The Morgan fingerprint density at radius 1 is 1.41 bits per heavy atom. The number of rotatable bonds is 2. The molecule has 0 saturated carbocycles. The zero-order valence-electron chi connectivity index (χ0n) is 9.44. The lowest BCUT2D eigenvalue weighted by atomic mass is 10.1. The molecule has 1 N–H and O–H groups in total. The van der Waals surface area contributed by atoms with Crippen molar-refractivity contribution in [2.75, 3.05) is 26.0 Å². The molecule has 1 aromatic carbocycles. The van der Waals surface area contributed by atoms with Crippen molar-refractivity contribution < 1.29 is 13.2 Å². The summed E-state index contributed by atoms with van der Waals surface area (Å²) in [4.78, 5) is 0.316. The molecule has 2 rings (SSSR count). The molecule has 4 nitrogen and oxygen atoms in total. The van der Waals surface area contributed by atoms with Gasteiger partial charge in [-0.15, -0.1) is 0 Å². The standard InChI is InChI=1S/C11H14BrNO3S/c1-17(14,15)10-5-8(4-9(12)6-10)11-7-13-2-3-16-11/h4-6,11,13H,2-3,7H2,1H3. The average Bonchev–Trinajstić information content (AvgIpc) is 2.28. The molecule has 0 radical (unpaired) electrons. The van der Waals surface area contributed by atoms with Crippen LogP contribution in [-0.4, -0.2) is 34.4 Å². The van der Waals surface area contributed by atoms with Gasteiger partial charge in [-0.05, 0) is 23.8 Å². The average molecular weight is 320 g/mol. The summed E-state index contributed by atoms with van der Waals surface area (Å²) in [5.74, 6) is 0. The minimum absolute atomic E-state index is 0.0817. The number of benzene rings is 1. The van der Waals surface area contributed by atoms with Gasteiger partial charge in [0.05, 0.1) is 17.6 Å². The van der Waals surface area contributed by atoms with Crippen LogP contribution in [0.3, 0.4) is 0 Å². The Labute approximate surface area is 109 Å². The zero-order chi connectivity index (χ0) is 12.5. The van der Waals surface area contributed by atoms with Gasteiger partial charge >= 0.3 is 0 Å². The molecule has 0 aliphatic carbocycles. The van der Waals surface area contributed by atoms with Crippen molar-refractivity contribution >= 4 is 25.8 Å². The molecule has 1 atom stereocenters. The van der Waals surface area contributed by atoms with Crippen molar-refractivity contribution in [1.82, 2.24) is 5.32 Å². The Morgan fingerprint density at radius 2 is 2.18 bits per heavy atom. The molecule has 1 aliphatic rings. The Hall–Kier alpha value is -0.430. The van der Waals surface area contributed by atoms with E-state index in [2.05, 4.69) is 21.2 Å². The van der Waals surface area contributed by atoms with E-state index in [0.717, 1.165) is 16.6 Å². The highest BCUT2D eigenvalue weighted by Gasteiger charge is 2.18.